The average molecular weight is 457 g/mol. The predicted molar refractivity (Wildman–Crippen MR) is 128 cm³/mol. The van der Waals surface area contributed by atoms with Crippen molar-refractivity contribution in [2.75, 3.05) is 54.9 Å². The van der Waals surface area contributed by atoms with Crippen LogP contribution in [0.3, 0.4) is 0 Å². The SMILES string of the molecule is CCN1CCN(c2ccc(Cl)cc2NC(=O)COc2cccc(NC(=O)C3CC3)c2)CC1. The van der Waals surface area contributed by atoms with E-state index in [1.807, 2.05) is 18.2 Å². The molecular weight excluding hydrogens is 428 g/mol. The number of hydrogen-bond acceptors (Lipinski definition) is 5. The van der Waals surface area contributed by atoms with E-state index in [1.54, 1.807) is 24.3 Å². The normalized spacial score (nSPS) is 16.5. The van der Waals surface area contributed by atoms with Crippen LogP contribution >= 0.6 is 11.6 Å². The summed E-state index contributed by atoms with van der Waals surface area (Å²) in [6.07, 6.45) is 1.89. The van der Waals surface area contributed by atoms with E-state index in [0.717, 1.165) is 51.3 Å². The Bertz CT molecular complexity index is 971. The Morgan fingerprint density at radius 1 is 1.06 bits per heavy atom. The number of ether oxygens (including phenoxy) is 1. The lowest BCUT2D eigenvalue weighted by Gasteiger charge is -2.36. The van der Waals surface area contributed by atoms with E-state index >= 15 is 0 Å². The highest BCUT2D eigenvalue weighted by atomic mass is 35.5. The van der Waals surface area contributed by atoms with Crippen LogP contribution in [-0.2, 0) is 9.59 Å². The van der Waals surface area contributed by atoms with E-state index in [4.69, 9.17) is 16.3 Å². The summed E-state index contributed by atoms with van der Waals surface area (Å²) in [7, 11) is 0. The van der Waals surface area contributed by atoms with Gasteiger partial charge in [-0.05, 0) is 49.7 Å². The Labute approximate surface area is 193 Å². The number of anilines is 3. The molecule has 0 bridgehead atoms. The Morgan fingerprint density at radius 2 is 1.84 bits per heavy atom. The molecule has 0 unspecified atom stereocenters. The van der Waals surface area contributed by atoms with Crippen LogP contribution in [0.4, 0.5) is 17.1 Å². The van der Waals surface area contributed by atoms with Crippen molar-refractivity contribution in [3.8, 4) is 5.75 Å². The van der Waals surface area contributed by atoms with E-state index in [9.17, 15) is 9.59 Å². The van der Waals surface area contributed by atoms with Gasteiger partial charge in [-0.15, -0.1) is 0 Å². The molecule has 170 valence electrons. The van der Waals surface area contributed by atoms with Crippen LogP contribution in [0.5, 0.6) is 5.75 Å². The van der Waals surface area contributed by atoms with E-state index in [1.165, 1.54) is 0 Å². The molecule has 0 aromatic heterocycles. The molecule has 1 saturated heterocycles. The minimum Gasteiger partial charge on any atom is -0.484 e. The van der Waals surface area contributed by atoms with Gasteiger partial charge < -0.3 is 25.2 Å². The smallest absolute Gasteiger partial charge is 0.262 e. The summed E-state index contributed by atoms with van der Waals surface area (Å²) >= 11 is 6.20. The number of halogens is 1. The second-order valence-corrected chi connectivity index (χ2v) is 8.65. The molecule has 32 heavy (non-hydrogen) atoms. The van der Waals surface area contributed by atoms with Gasteiger partial charge in [-0.2, -0.15) is 0 Å². The number of nitrogens with one attached hydrogen (secondary N) is 2. The van der Waals surface area contributed by atoms with Gasteiger partial charge >= 0.3 is 0 Å². The minimum atomic E-state index is -0.270. The van der Waals surface area contributed by atoms with Crippen molar-refractivity contribution in [2.45, 2.75) is 19.8 Å². The molecule has 2 N–H and O–H groups in total. The van der Waals surface area contributed by atoms with Crippen LogP contribution in [0.1, 0.15) is 19.8 Å². The number of piperazine rings is 1. The number of carbonyl (C=O) groups is 2. The van der Waals surface area contributed by atoms with E-state index in [-0.39, 0.29) is 24.3 Å². The number of hydrogen-bond donors (Lipinski definition) is 2. The van der Waals surface area contributed by atoms with Crippen LogP contribution < -0.4 is 20.3 Å². The van der Waals surface area contributed by atoms with Crippen molar-refractivity contribution in [2.24, 2.45) is 5.92 Å². The van der Waals surface area contributed by atoms with Gasteiger partial charge in [0.1, 0.15) is 5.75 Å². The maximum absolute atomic E-state index is 12.6. The van der Waals surface area contributed by atoms with Gasteiger partial charge in [-0.25, -0.2) is 0 Å². The molecule has 0 atom stereocenters. The molecule has 1 aliphatic carbocycles. The van der Waals surface area contributed by atoms with Gasteiger partial charge in [0.2, 0.25) is 5.91 Å². The topological polar surface area (TPSA) is 73.9 Å². The third-order valence-corrected chi connectivity index (χ3v) is 6.05. The second-order valence-electron chi connectivity index (χ2n) is 8.21. The van der Waals surface area contributed by atoms with E-state index < -0.39 is 0 Å². The van der Waals surface area contributed by atoms with E-state index in [0.29, 0.717) is 22.1 Å². The first-order chi connectivity index (χ1) is 15.5. The van der Waals surface area contributed by atoms with Gasteiger partial charge in [0, 0.05) is 48.9 Å². The highest BCUT2D eigenvalue weighted by Crippen LogP contribution is 2.31. The molecule has 2 aromatic carbocycles. The molecule has 1 saturated carbocycles. The van der Waals surface area contributed by atoms with Gasteiger partial charge in [0.05, 0.1) is 11.4 Å². The van der Waals surface area contributed by atoms with Crippen LogP contribution in [0.2, 0.25) is 5.02 Å². The second kappa shape index (κ2) is 10.2. The molecule has 2 fully saturated rings. The van der Waals surface area contributed by atoms with E-state index in [2.05, 4.69) is 27.4 Å². The highest BCUT2D eigenvalue weighted by Gasteiger charge is 2.29. The number of benzene rings is 2. The molecule has 1 heterocycles. The summed E-state index contributed by atoms with van der Waals surface area (Å²) in [5, 5.41) is 6.39. The quantitative estimate of drug-likeness (QED) is 0.631. The lowest BCUT2D eigenvalue weighted by atomic mass is 10.2. The Morgan fingerprint density at radius 3 is 2.56 bits per heavy atom. The lowest BCUT2D eigenvalue weighted by Crippen LogP contribution is -2.46. The van der Waals surface area contributed by atoms with Crippen LogP contribution in [0.15, 0.2) is 42.5 Å². The minimum absolute atomic E-state index is 0.0353. The molecule has 2 aromatic rings. The summed E-state index contributed by atoms with van der Waals surface area (Å²) in [5.74, 6) is 0.416. The first-order valence-corrected chi connectivity index (χ1v) is 11.5. The number of nitrogens with zero attached hydrogens (tertiary/aromatic N) is 2. The summed E-state index contributed by atoms with van der Waals surface area (Å²) in [6, 6.07) is 12.7. The van der Waals surface area contributed by atoms with Gasteiger partial charge in [-0.1, -0.05) is 24.6 Å². The molecular formula is C24H29ClN4O3. The van der Waals surface area contributed by atoms with Crippen LogP contribution in [-0.4, -0.2) is 56.0 Å². The number of carbonyl (C=O) groups excluding carboxylic acids is 2. The molecule has 0 radical (unpaired) electrons. The van der Waals surface area contributed by atoms with Crippen LogP contribution in [0.25, 0.3) is 0 Å². The van der Waals surface area contributed by atoms with Crippen molar-refractivity contribution in [1.29, 1.82) is 0 Å². The zero-order chi connectivity index (χ0) is 22.5. The predicted octanol–water partition coefficient (Wildman–Crippen LogP) is 3.85. The molecule has 1 aliphatic heterocycles. The maximum Gasteiger partial charge on any atom is 0.262 e. The standard InChI is InChI=1S/C24H29ClN4O3/c1-2-28-10-12-29(13-11-28)22-9-8-18(25)14-21(22)27-23(30)16-32-20-5-3-4-19(15-20)26-24(31)17-6-7-17/h3-5,8-9,14-15,17H,2,6-7,10-13,16H2,1H3,(H,26,31)(H,27,30). The number of rotatable bonds is 8. The van der Waals surface area contributed by atoms with Crippen molar-refractivity contribution in [3.63, 3.8) is 0 Å². The summed E-state index contributed by atoms with van der Waals surface area (Å²) in [5.41, 5.74) is 2.31. The fraction of sp³-hybridized carbons (Fsp3) is 0.417. The first kappa shape index (κ1) is 22.4. The molecule has 4 rings (SSSR count). The molecule has 8 heteroatoms. The zero-order valence-corrected chi connectivity index (χ0v) is 19.0. The molecule has 2 amide bonds. The fourth-order valence-electron chi connectivity index (χ4n) is 3.78. The average Bonchev–Trinajstić information content (AvgIpc) is 3.64. The van der Waals surface area contributed by atoms with Gasteiger partial charge in [0.25, 0.3) is 5.91 Å². The van der Waals surface area contributed by atoms with Crippen molar-refractivity contribution >= 4 is 40.5 Å². The molecule has 0 spiro atoms. The summed E-state index contributed by atoms with van der Waals surface area (Å²) in [4.78, 5) is 29.2. The third kappa shape index (κ3) is 5.93. The Kier molecular flexibility index (Phi) is 7.17. The highest BCUT2D eigenvalue weighted by molar-refractivity contribution is 6.31. The monoisotopic (exact) mass is 456 g/mol. The Hall–Kier alpha value is -2.77. The Balaban J connectivity index is 1.35. The lowest BCUT2D eigenvalue weighted by molar-refractivity contribution is -0.118. The number of likely N-dealkylation sites (N-methyl/N-ethyl adjacent to an activating group) is 1. The van der Waals surface area contributed by atoms with Crippen molar-refractivity contribution in [1.82, 2.24) is 4.90 Å². The molecule has 7 nitrogen and oxygen atoms in total. The van der Waals surface area contributed by atoms with Crippen molar-refractivity contribution < 1.29 is 14.3 Å². The zero-order valence-electron chi connectivity index (χ0n) is 18.3. The molecule has 2 aliphatic rings. The number of amides is 2. The summed E-state index contributed by atoms with van der Waals surface area (Å²) in [6.45, 7) is 6.84. The van der Waals surface area contributed by atoms with Gasteiger partial charge in [-0.3, -0.25) is 9.59 Å². The fourth-order valence-corrected chi connectivity index (χ4v) is 3.95. The van der Waals surface area contributed by atoms with Crippen LogP contribution in [0, 0.1) is 5.92 Å². The van der Waals surface area contributed by atoms with Crippen molar-refractivity contribution in [3.05, 3.63) is 47.5 Å². The third-order valence-electron chi connectivity index (χ3n) is 5.81. The maximum atomic E-state index is 12.6. The summed E-state index contributed by atoms with van der Waals surface area (Å²) < 4.78 is 5.67. The first-order valence-electron chi connectivity index (χ1n) is 11.1. The van der Waals surface area contributed by atoms with Gasteiger partial charge in [0.15, 0.2) is 6.61 Å². The largest absolute Gasteiger partial charge is 0.484 e.